The van der Waals surface area contributed by atoms with Gasteiger partial charge in [0.25, 0.3) is 0 Å². The van der Waals surface area contributed by atoms with Crippen LogP contribution in [0.1, 0.15) is 5.56 Å². The fraction of sp³-hybridized carbons (Fsp3) is 0.0667. The lowest BCUT2D eigenvalue weighted by Gasteiger charge is -2.09. The fourth-order valence-electron chi connectivity index (χ4n) is 1.68. The molecule has 84 valence electrons. The number of hydrogen-bond acceptors (Lipinski definition) is 1. The van der Waals surface area contributed by atoms with E-state index in [9.17, 15) is 0 Å². The van der Waals surface area contributed by atoms with Crippen molar-refractivity contribution in [3.63, 3.8) is 0 Å². The molecule has 0 unspecified atom stereocenters. The molecule has 2 heteroatoms. The third kappa shape index (κ3) is 2.43. The highest BCUT2D eigenvalue weighted by molar-refractivity contribution is 6.30. The van der Waals surface area contributed by atoms with E-state index in [0.29, 0.717) is 5.02 Å². The smallest absolute Gasteiger partial charge is 0.126 e. The van der Waals surface area contributed by atoms with Crippen molar-refractivity contribution in [3.05, 3.63) is 53.1 Å². The van der Waals surface area contributed by atoms with Crippen LogP contribution in [0, 0.1) is 12.3 Å². The van der Waals surface area contributed by atoms with Crippen molar-refractivity contribution in [2.45, 2.75) is 0 Å². The molecule has 0 aromatic heterocycles. The SMILES string of the molecule is C#Cc1ccc(OC)c(-c2cccc(Cl)c2)c1. The number of ether oxygens (including phenoxy) is 1. The first-order valence-electron chi connectivity index (χ1n) is 5.15. The van der Waals surface area contributed by atoms with Crippen LogP contribution in [0.25, 0.3) is 11.1 Å². The standard InChI is InChI=1S/C15H11ClO/c1-3-11-7-8-15(17-2)14(9-11)12-5-4-6-13(16)10-12/h1,4-10H,2H3. The number of benzene rings is 2. The van der Waals surface area contributed by atoms with E-state index in [4.69, 9.17) is 22.8 Å². The Bertz CT molecular complexity index is 582. The molecule has 0 radical (unpaired) electrons. The Morgan fingerprint density at radius 2 is 2.00 bits per heavy atom. The van der Waals surface area contributed by atoms with Crippen LogP contribution in [0.5, 0.6) is 5.75 Å². The van der Waals surface area contributed by atoms with Gasteiger partial charge in [0, 0.05) is 16.1 Å². The zero-order valence-corrected chi connectivity index (χ0v) is 10.2. The molecule has 0 aliphatic heterocycles. The minimum absolute atomic E-state index is 0.690. The second-order valence-electron chi connectivity index (χ2n) is 3.57. The maximum atomic E-state index is 5.98. The quantitative estimate of drug-likeness (QED) is 0.724. The molecule has 0 aliphatic rings. The molecule has 0 aliphatic carbocycles. The number of hydrogen-bond donors (Lipinski definition) is 0. The first kappa shape index (κ1) is 11.6. The molecule has 0 fully saturated rings. The third-order valence-electron chi connectivity index (χ3n) is 2.50. The van der Waals surface area contributed by atoms with Gasteiger partial charge in [-0.15, -0.1) is 6.42 Å². The number of terminal acetylenes is 1. The van der Waals surface area contributed by atoms with Gasteiger partial charge < -0.3 is 4.74 Å². The lowest BCUT2D eigenvalue weighted by Crippen LogP contribution is -1.89. The number of methoxy groups -OCH3 is 1. The van der Waals surface area contributed by atoms with Crippen LogP contribution >= 0.6 is 11.6 Å². The van der Waals surface area contributed by atoms with Crippen molar-refractivity contribution in [1.29, 1.82) is 0 Å². The van der Waals surface area contributed by atoms with Crippen molar-refractivity contribution < 1.29 is 4.74 Å². The Labute approximate surface area is 106 Å². The lowest BCUT2D eigenvalue weighted by atomic mass is 10.0. The third-order valence-corrected chi connectivity index (χ3v) is 2.74. The Morgan fingerprint density at radius 3 is 2.65 bits per heavy atom. The summed E-state index contributed by atoms with van der Waals surface area (Å²) in [4.78, 5) is 0. The Kier molecular flexibility index (Phi) is 3.37. The van der Waals surface area contributed by atoms with E-state index in [2.05, 4.69) is 5.92 Å². The summed E-state index contributed by atoms with van der Waals surface area (Å²) in [7, 11) is 1.64. The number of halogens is 1. The van der Waals surface area contributed by atoms with Crippen molar-refractivity contribution in [3.8, 4) is 29.2 Å². The average Bonchev–Trinajstić information content (AvgIpc) is 2.38. The summed E-state index contributed by atoms with van der Waals surface area (Å²) in [6.45, 7) is 0. The summed E-state index contributed by atoms with van der Waals surface area (Å²) in [6, 6.07) is 13.2. The molecule has 0 bridgehead atoms. The highest BCUT2D eigenvalue weighted by Crippen LogP contribution is 2.32. The summed E-state index contributed by atoms with van der Waals surface area (Å²) >= 11 is 5.98. The lowest BCUT2D eigenvalue weighted by molar-refractivity contribution is 0.416. The van der Waals surface area contributed by atoms with Gasteiger partial charge in [0.1, 0.15) is 5.75 Å². The predicted octanol–water partition coefficient (Wildman–Crippen LogP) is 4.00. The minimum Gasteiger partial charge on any atom is -0.496 e. The van der Waals surface area contributed by atoms with E-state index in [1.54, 1.807) is 7.11 Å². The van der Waals surface area contributed by atoms with Crippen LogP contribution < -0.4 is 4.74 Å². The molecular formula is C15H11ClO. The largest absolute Gasteiger partial charge is 0.496 e. The average molecular weight is 243 g/mol. The van der Waals surface area contributed by atoms with Gasteiger partial charge in [-0.1, -0.05) is 29.7 Å². The van der Waals surface area contributed by atoms with Crippen molar-refractivity contribution in [2.24, 2.45) is 0 Å². The molecule has 0 N–H and O–H groups in total. The van der Waals surface area contributed by atoms with Crippen molar-refractivity contribution in [1.82, 2.24) is 0 Å². The van der Waals surface area contributed by atoms with Crippen LogP contribution in [0.3, 0.4) is 0 Å². The first-order valence-corrected chi connectivity index (χ1v) is 5.53. The van der Waals surface area contributed by atoms with Gasteiger partial charge >= 0.3 is 0 Å². The fourth-order valence-corrected chi connectivity index (χ4v) is 1.87. The van der Waals surface area contributed by atoms with E-state index in [1.807, 2.05) is 42.5 Å². The molecule has 0 saturated carbocycles. The van der Waals surface area contributed by atoms with Crippen LogP contribution in [0.4, 0.5) is 0 Å². The Balaban J connectivity index is 2.61. The van der Waals surface area contributed by atoms with Gasteiger partial charge in [-0.2, -0.15) is 0 Å². The van der Waals surface area contributed by atoms with Crippen LogP contribution in [0.15, 0.2) is 42.5 Å². The molecular weight excluding hydrogens is 232 g/mol. The van der Waals surface area contributed by atoms with E-state index >= 15 is 0 Å². The molecule has 0 amide bonds. The van der Waals surface area contributed by atoms with Crippen LogP contribution in [-0.2, 0) is 0 Å². The molecule has 1 nitrogen and oxygen atoms in total. The van der Waals surface area contributed by atoms with Gasteiger partial charge in [0.15, 0.2) is 0 Å². The summed E-state index contributed by atoms with van der Waals surface area (Å²) < 4.78 is 5.33. The molecule has 17 heavy (non-hydrogen) atoms. The topological polar surface area (TPSA) is 9.23 Å². The van der Waals surface area contributed by atoms with Gasteiger partial charge in [-0.25, -0.2) is 0 Å². The van der Waals surface area contributed by atoms with Crippen LogP contribution in [0.2, 0.25) is 5.02 Å². The zero-order chi connectivity index (χ0) is 12.3. The van der Waals surface area contributed by atoms with Gasteiger partial charge in [0.05, 0.1) is 7.11 Å². The molecule has 0 heterocycles. The number of rotatable bonds is 2. The minimum atomic E-state index is 0.690. The second-order valence-corrected chi connectivity index (χ2v) is 4.01. The Morgan fingerprint density at radius 1 is 1.18 bits per heavy atom. The predicted molar refractivity (Wildman–Crippen MR) is 71.4 cm³/mol. The van der Waals surface area contributed by atoms with Gasteiger partial charge in [-0.05, 0) is 35.9 Å². The molecule has 0 atom stereocenters. The second kappa shape index (κ2) is 4.95. The summed E-state index contributed by atoms with van der Waals surface area (Å²) in [6.07, 6.45) is 5.40. The highest BCUT2D eigenvalue weighted by Gasteiger charge is 2.06. The van der Waals surface area contributed by atoms with E-state index in [-0.39, 0.29) is 0 Å². The maximum Gasteiger partial charge on any atom is 0.126 e. The Hall–Kier alpha value is -1.91. The van der Waals surface area contributed by atoms with Crippen LogP contribution in [-0.4, -0.2) is 7.11 Å². The molecule has 2 aromatic carbocycles. The molecule has 2 rings (SSSR count). The highest BCUT2D eigenvalue weighted by atomic mass is 35.5. The van der Waals surface area contributed by atoms with E-state index in [0.717, 1.165) is 22.4 Å². The normalized spacial score (nSPS) is 9.71. The van der Waals surface area contributed by atoms with E-state index < -0.39 is 0 Å². The zero-order valence-electron chi connectivity index (χ0n) is 9.41. The first-order chi connectivity index (χ1) is 8.24. The summed E-state index contributed by atoms with van der Waals surface area (Å²) in [5.41, 5.74) is 2.76. The monoisotopic (exact) mass is 242 g/mol. The van der Waals surface area contributed by atoms with Gasteiger partial charge in [0.2, 0.25) is 0 Å². The summed E-state index contributed by atoms with van der Waals surface area (Å²) in [5.74, 6) is 3.40. The summed E-state index contributed by atoms with van der Waals surface area (Å²) in [5, 5.41) is 0.690. The van der Waals surface area contributed by atoms with Crippen molar-refractivity contribution in [2.75, 3.05) is 7.11 Å². The molecule has 0 saturated heterocycles. The maximum absolute atomic E-state index is 5.98. The van der Waals surface area contributed by atoms with Crippen molar-refractivity contribution >= 4 is 11.6 Å². The molecule has 0 spiro atoms. The van der Waals surface area contributed by atoms with E-state index in [1.165, 1.54) is 0 Å². The molecule has 2 aromatic rings. The van der Waals surface area contributed by atoms with Gasteiger partial charge in [-0.3, -0.25) is 0 Å².